The summed E-state index contributed by atoms with van der Waals surface area (Å²) in [6.45, 7) is 3.18. The van der Waals surface area contributed by atoms with Crippen molar-refractivity contribution in [3.05, 3.63) is 12.2 Å². The lowest BCUT2D eigenvalue weighted by Crippen LogP contribution is -2.14. The van der Waals surface area contributed by atoms with Crippen LogP contribution in [-0.2, 0) is 9.53 Å². The van der Waals surface area contributed by atoms with Crippen LogP contribution in [0.15, 0.2) is 12.2 Å². The molecule has 0 rings (SSSR count). The highest BCUT2D eigenvalue weighted by Gasteiger charge is 2.04. The number of esters is 1. The van der Waals surface area contributed by atoms with Gasteiger partial charge in [-0.05, 0) is 13.3 Å². The van der Waals surface area contributed by atoms with E-state index >= 15 is 0 Å². The van der Waals surface area contributed by atoms with Gasteiger partial charge in [-0.25, -0.2) is 0 Å². The van der Waals surface area contributed by atoms with E-state index in [0.717, 1.165) is 6.42 Å². The second kappa shape index (κ2) is 5.92. The van der Waals surface area contributed by atoms with Crippen molar-refractivity contribution in [2.45, 2.75) is 33.0 Å². The molecule has 1 atom stereocenters. The van der Waals surface area contributed by atoms with Crippen LogP contribution in [0.5, 0.6) is 0 Å². The third-order valence-corrected chi connectivity index (χ3v) is 1.12. The molecule has 64 valence electrons. The molecule has 0 aliphatic carbocycles. The predicted octanol–water partition coefficient (Wildman–Crippen LogP) is 1.22. The quantitative estimate of drug-likeness (QED) is 0.380. The number of aliphatic hydroxyl groups excluding tert-OH is 1. The maximum absolute atomic E-state index is 10.3. The first-order chi connectivity index (χ1) is 5.16. The van der Waals surface area contributed by atoms with Gasteiger partial charge in [-0.1, -0.05) is 12.2 Å². The molecule has 1 unspecified atom stereocenters. The highest BCUT2D eigenvalue weighted by atomic mass is 16.6. The third kappa shape index (κ3) is 7.06. The number of aliphatic hydroxyl groups is 1. The Morgan fingerprint density at radius 2 is 2.36 bits per heavy atom. The lowest BCUT2D eigenvalue weighted by atomic mass is 10.3. The Kier molecular flexibility index (Phi) is 5.47. The molecule has 0 aromatic rings. The van der Waals surface area contributed by atoms with E-state index in [4.69, 9.17) is 5.11 Å². The van der Waals surface area contributed by atoms with Gasteiger partial charge in [-0.15, -0.1) is 0 Å². The standard InChI is InChI=1S/C8H14O3/c1-3-4-5-6-8(10)11-7(2)9/h3-4,8,10H,5-6H2,1-2H3/b4-3+. The van der Waals surface area contributed by atoms with E-state index in [1.54, 1.807) is 0 Å². The minimum absolute atomic E-state index is 0.446. The average Bonchev–Trinajstić information content (AvgIpc) is 1.86. The SMILES string of the molecule is C/C=C/CCC(O)OC(C)=O. The zero-order valence-electron chi connectivity index (χ0n) is 6.91. The van der Waals surface area contributed by atoms with Crippen LogP contribution >= 0.6 is 0 Å². The summed E-state index contributed by atoms with van der Waals surface area (Å²) < 4.78 is 4.48. The van der Waals surface area contributed by atoms with Crippen LogP contribution in [0.3, 0.4) is 0 Å². The molecule has 0 aromatic carbocycles. The Hall–Kier alpha value is -0.830. The fourth-order valence-electron chi connectivity index (χ4n) is 0.656. The second-order valence-corrected chi connectivity index (χ2v) is 2.21. The van der Waals surface area contributed by atoms with Gasteiger partial charge in [0.1, 0.15) is 0 Å². The van der Waals surface area contributed by atoms with E-state index in [0.29, 0.717) is 6.42 Å². The number of carbonyl (C=O) groups is 1. The lowest BCUT2D eigenvalue weighted by Gasteiger charge is -2.07. The molecular weight excluding hydrogens is 144 g/mol. The van der Waals surface area contributed by atoms with Gasteiger partial charge < -0.3 is 9.84 Å². The number of rotatable bonds is 4. The maximum atomic E-state index is 10.3. The summed E-state index contributed by atoms with van der Waals surface area (Å²) in [4.78, 5) is 10.3. The summed E-state index contributed by atoms with van der Waals surface area (Å²) in [5.74, 6) is -0.446. The molecule has 0 aliphatic heterocycles. The molecule has 0 saturated carbocycles. The van der Waals surface area contributed by atoms with Gasteiger partial charge >= 0.3 is 5.97 Å². The molecule has 0 aliphatic rings. The van der Waals surface area contributed by atoms with Crippen LogP contribution in [-0.4, -0.2) is 17.4 Å². The molecule has 1 N–H and O–H groups in total. The smallest absolute Gasteiger partial charge is 0.304 e. The van der Waals surface area contributed by atoms with Crippen LogP contribution in [0.1, 0.15) is 26.7 Å². The molecule has 3 nitrogen and oxygen atoms in total. The maximum Gasteiger partial charge on any atom is 0.304 e. The molecule has 0 spiro atoms. The van der Waals surface area contributed by atoms with Crippen molar-refractivity contribution >= 4 is 5.97 Å². The van der Waals surface area contributed by atoms with E-state index < -0.39 is 12.3 Å². The summed E-state index contributed by atoms with van der Waals surface area (Å²) in [6.07, 6.45) is 4.03. The van der Waals surface area contributed by atoms with Crippen molar-refractivity contribution < 1.29 is 14.6 Å². The summed E-state index contributed by atoms with van der Waals surface area (Å²) in [5, 5.41) is 8.97. The molecule has 0 bridgehead atoms. The van der Waals surface area contributed by atoms with Gasteiger partial charge in [-0.2, -0.15) is 0 Å². The Morgan fingerprint density at radius 1 is 1.73 bits per heavy atom. The highest BCUT2D eigenvalue weighted by molar-refractivity contribution is 5.65. The Bertz CT molecular complexity index is 140. The fraction of sp³-hybridized carbons (Fsp3) is 0.625. The first kappa shape index (κ1) is 10.2. The summed E-state index contributed by atoms with van der Waals surface area (Å²) in [7, 11) is 0. The summed E-state index contributed by atoms with van der Waals surface area (Å²) >= 11 is 0. The van der Waals surface area contributed by atoms with Gasteiger partial charge in [0.2, 0.25) is 6.29 Å². The third-order valence-electron chi connectivity index (χ3n) is 1.12. The van der Waals surface area contributed by atoms with E-state index in [2.05, 4.69) is 4.74 Å². The molecular formula is C8H14O3. The first-order valence-electron chi connectivity index (χ1n) is 3.63. The first-order valence-corrected chi connectivity index (χ1v) is 3.63. The summed E-state index contributed by atoms with van der Waals surface area (Å²) in [6, 6.07) is 0. The van der Waals surface area contributed by atoms with Crippen molar-refractivity contribution in [3.8, 4) is 0 Å². The van der Waals surface area contributed by atoms with Gasteiger partial charge in [0.25, 0.3) is 0 Å². The van der Waals surface area contributed by atoms with Gasteiger partial charge in [0.05, 0.1) is 0 Å². The van der Waals surface area contributed by atoms with Gasteiger partial charge in [0, 0.05) is 13.3 Å². The normalized spacial score (nSPS) is 13.4. The molecule has 11 heavy (non-hydrogen) atoms. The number of hydrogen-bond donors (Lipinski definition) is 1. The molecule has 0 aromatic heterocycles. The lowest BCUT2D eigenvalue weighted by molar-refractivity contribution is -0.165. The highest BCUT2D eigenvalue weighted by Crippen LogP contribution is 1.99. The zero-order valence-corrected chi connectivity index (χ0v) is 6.91. The van der Waals surface area contributed by atoms with Crippen LogP contribution in [0.25, 0.3) is 0 Å². The predicted molar refractivity (Wildman–Crippen MR) is 41.8 cm³/mol. The largest absolute Gasteiger partial charge is 0.436 e. The van der Waals surface area contributed by atoms with E-state index in [-0.39, 0.29) is 0 Å². The molecule has 0 heterocycles. The molecule has 0 radical (unpaired) electrons. The Morgan fingerprint density at radius 3 is 2.82 bits per heavy atom. The van der Waals surface area contributed by atoms with Crippen molar-refractivity contribution in [2.75, 3.05) is 0 Å². The van der Waals surface area contributed by atoms with Gasteiger partial charge in [0.15, 0.2) is 0 Å². The topological polar surface area (TPSA) is 46.5 Å². The molecule has 3 heteroatoms. The Balaban J connectivity index is 3.36. The van der Waals surface area contributed by atoms with Crippen LogP contribution in [0, 0.1) is 0 Å². The van der Waals surface area contributed by atoms with Crippen molar-refractivity contribution in [1.29, 1.82) is 0 Å². The number of carbonyl (C=O) groups excluding carboxylic acids is 1. The van der Waals surface area contributed by atoms with E-state index in [1.165, 1.54) is 6.92 Å². The van der Waals surface area contributed by atoms with Crippen molar-refractivity contribution in [3.63, 3.8) is 0 Å². The second-order valence-electron chi connectivity index (χ2n) is 2.21. The number of ether oxygens (including phenoxy) is 1. The van der Waals surface area contributed by atoms with E-state index in [9.17, 15) is 4.79 Å². The fourth-order valence-corrected chi connectivity index (χ4v) is 0.656. The van der Waals surface area contributed by atoms with Crippen molar-refractivity contribution in [2.24, 2.45) is 0 Å². The Labute approximate surface area is 66.7 Å². The van der Waals surface area contributed by atoms with Crippen LogP contribution in [0.2, 0.25) is 0 Å². The van der Waals surface area contributed by atoms with Crippen LogP contribution < -0.4 is 0 Å². The zero-order chi connectivity index (χ0) is 8.69. The minimum Gasteiger partial charge on any atom is -0.436 e. The monoisotopic (exact) mass is 158 g/mol. The minimum atomic E-state index is -0.955. The molecule has 0 fully saturated rings. The van der Waals surface area contributed by atoms with Gasteiger partial charge in [-0.3, -0.25) is 4.79 Å². The van der Waals surface area contributed by atoms with Crippen molar-refractivity contribution in [1.82, 2.24) is 0 Å². The molecule has 0 saturated heterocycles. The van der Waals surface area contributed by atoms with Crippen LogP contribution in [0.4, 0.5) is 0 Å². The average molecular weight is 158 g/mol. The summed E-state index contributed by atoms with van der Waals surface area (Å²) in [5.41, 5.74) is 0. The van der Waals surface area contributed by atoms with E-state index in [1.807, 2.05) is 19.1 Å². The number of allylic oxidation sites excluding steroid dienone is 2. The molecule has 0 amide bonds. The number of hydrogen-bond acceptors (Lipinski definition) is 3.